The SMILES string of the molecule is CC(C)(C)OC(=O)CCc1cn(C[C@@H]2CC[C@@H]3CN2C(=O)N3OCc2ccccc2)nn1. The van der Waals surface area contributed by atoms with Gasteiger partial charge in [-0.1, -0.05) is 35.5 Å². The summed E-state index contributed by atoms with van der Waals surface area (Å²) in [6.45, 7) is 7.17. The Kier molecular flexibility index (Phi) is 6.45. The summed E-state index contributed by atoms with van der Waals surface area (Å²) in [7, 11) is 0. The second-order valence-electron chi connectivity index (χ2n) is 9.42. The Morgan fingerprint density at radius 2 is 1.97 bits per heavy atom. The number of ether oxygens (including phenoxy) is 1. The van der Waals surface area contributed by atoms with Crippen molar-refractivity contribution in [1.29, 1.82) is 0 Å². The molecular formula is C23H31N5O4. The molecule has 0 unspecified atom stereocenters. The highest BCUT2D eigenvalue weighted by molar-refractivity contribution is 5.76. The molecule has 3 heterocycles. The van der Waals surface area contributed by atoms with Gasteiger partial charge in [-0.15, -0.1) is 5.10 Å². The van der Waals surface area contributed by atoms with Gasteiger partial charge in [-0.05, 0) is 39.2 Å². The van der Waals surface area contributed by atoms with Gasteiger partial charge >= 0.3 is 12.0 Å². The van der Waals surface area contributed by atoms with Crippen molar-refractivity contribution in [2.75, 3.05) is 6.54 Å². The second kappa shape index (κ2) is 9.28. The molecule has 2 amide bonds. The number of rotatable bonds is 8. The van der Waals surface area contributed by atoms with E-state index in [1.165, 1.54) is 0 Å². The zero-order valence-corrected chi connectivity index (χ0v) is 18.9. The minimum absolute atomic E-state index is 0.0458. The summed E-state index contributed by atoms with van der Waals surface area (Å²) in [6, 6.07) is 9.90. The van der Waals surface area contributed by atoms with Crippen molar-refractivity contribution in [3.05, 3.63) is 47.8 Å². The standard InChI is InChI=1S/C23H31N5O4/c1-23(2,3)32-21(29)12-9-18-13-26(25-24-18)14-19-10-11-20-15-27(19)22(30)28(20)31-16-17-7-5-4-6-8-17/h4-8,13,19-20H,9-12,14-16H2,1-3H3/t19-,20+/m0/s1. The molecule has 9 nitrogen and oxygen atoms in total. The van der Waals surface area contributed by atoms with E-state index in [2.05, 4.69) is 10.3 Å². The first-order valence-electron chi connectivity index (χ1n) is 11.2. The minimum atomic E-state index is -0.492. The number of aryl methyl sites for hydroxylation is 1. The molecule has 2 fully saturated rings. The Bertz CT molecular complexity index is 939. The highest BCUT2D eigenvalue weighted by Crippen LogP contribution is 2.31. The third-order valence-electron chi connectivity index (χ3n) is 5.65. The first kappa shape index (κ1) is 22.3. The summed E-state index contributed by atoms with van der Waals surface area (Å²) in [4.78, 5) is 32.6. The van der Waals surface area contributed by atoms with Crippen LogP contribution in [0.25, 0.3) is 0 Å². The monoisotopic (exact) mass is 441 g/mol. The summed E-state index contributed by atoms with van der Waals surface area (Å²) in [5.41, 5.74) is 1.29. The number of carbonyl (C=O) groups excluding carboxylic acids is 2. The number of hydrogen-bond acceptors (Lipinski definition) is 6. The summed E-state index contributed by atoms with van der Waals surface area (Å²) in [5.74, 6) is -0.247. The van der Waals surface area contributed by atoms with Crippen molar-refractivity contribution in [3.63, 3.8) is 0 Å². The fourth-order valence-corrected chi connectivity index (χ4v) is 4.17. The Morgan fingerprint density at radius 3 is 2.72 bits per heavy atom. The lowest BCUT2D eigenvalue weighted by molar-refractivity contribution is -0.154. The van der Waals surface area contributed by atoms with Crippen molar-refractivity contribution in [2.45, 2.75) is 77.3 Å². The summed E-state index contributed by atoms with van der Waals surface area (Å²) < 4.78 is 7.10. The highest BCUT2D eigenvalue weighted by Gasteiger charge is 2.45. The van der Waals surface area contributed by atoms with Crippen LogP contribution in [-0.4, -0.2) is 61.2 Å². The van der Waals surface area contributed by atoms with Crippen LogP contribution in [0.5, 0.6) is 0 Å². The van der Waals surface area contributed by atoms with E-state index in [0.717, 1.165) is 24.1 Å². The van der Waals surface area contributed by atoms with Crippen LogP contribution in [0.1, 0.15) is 51.3 Å². The van der Waals surface area contributed by atoms with Gasteiger partial charge in [-0.25, -0.2) is 4.79 Å². The predicted octanol–water partition coefficient (Wildman–Crippen LogP) is 2.95. The van der Waals surface area contributed by atoms with E-state index in [-0.39, 0.29) is 30.5 Å². The fourth-order valence-electron chi connectivity index (χ4n) is 4.17. The average molecular weight is 442 g/mol. The maximum Gasteiger partial charge on any atom is 0.344 e. The Hall–Kier alpha value is -2.94. The van der Waals surface area contributed by atoms with Gasteiger partial charge in [0.1, 0.15) is 12.2 Å². The lowest BCUT2D eigenvalue weighted by Gasteiger charge is -2.30. The van der Waals surface area contributed by atoms with E-state index in [1.807, 2.05) is 62.2 Å². The van der Waals surface area contributed by atoms with Gasteiger partial charge in [0, 0.05) is 19.2 Å². The first-order chi connectivity index (χ1) is 15.3. The molecule has 2 aliphatic rings. The van der Waals surface area contributed by atoms with E-state index < -0.39 is 5.60 Å². The van der Waals surface area contributed by atoms with Crippen LogP contribution in [0.3, 0.4) is 0 Å². The lowest BCUT2D eigenvalue weighted by Crippen LogP contribution is -2.42. The highest BCUT2D eigenvalue weighted by atomic mass is 16.7. The molecule has 9 heteroatoms. The first-order valence-corrected chi connectivity index (χ1v) is 11.2. The van der Waals surface area contributed by atoms with Gasteiger partial charge in [0.05, 0.1) is 30.7 Å². The van der Waals surface area contributed by atoms with E-state index in [4.69, 9.17) is 9.57 Å². The largest absolute Gasteiger partial charge is 0.460 e. The van der Waals surface area contributed by atoms with Crippen LogP contribution in [-0.2, 0) is 33.9 Å². The molecule has 1 aromatic heterocycles. The maximum absolute atomic E-state index is 12.9. The molecule has 32 heavy (non-hydrogen) atoms. The zero-order valence-electron chi connectivity index (χ0n) is 18.9. The van der Waals surface area contributed by atoms with Crippen LogP contribution in [0.4, 0.5) is 4.79 Å². The molecule has 4 rings (SSSR count). The number of hydroxylamine groups is 2. The predicted molar refractivity (Wildman–Crippen MR) is 116 cm³/mol. The molecule has 1 aromatic carbocycles. The van der Waals surface area contributed by atoms with Gasteiger partial charge in [0.25, 0.3) is 0 Å². The van der Waals surface area contributed by atoms with Crippen LogP contribution < -0.4 is 0 Å². The van der Waals surface area contributed by atoms with Crippen molar-refractivity contribution in [2.24, 2.45) is 0 Å². The molecule has 2 aliphatic heterocycles. The number of nitrogens with zero attached hydrogens (tertiary/aromatic N) is 5. The van der Waals surface area contributed by atoms with Crippen LogP contribution in [0.2, 0.25) is 0 Å². The van der Waals surface area contributed by atoms with Crippen molar-refractivity contribution in [3.8, 4) is 0 Å². The number of benzene rings is 1. The Balaban J connectivity index is 1.29. The molecule has 0 saturated carbocycles. The Morgan fingerprint density at radius 1 is 1.19 bits per heavy atom. The quantitative estimate of drug-likeness (QED) is 0.585. The lowest BCUT2D eigenvalue weighted by atomic mass is 10.0. The number of amides is 2. The number of hydrogen-bond donors (Lipinski definition) is 0. The number of esters is 1. The van der Waals surface area contributed by atoms with E-state index in [1.54, 1.807) is 9.75 Å². The number of carbonyl (C=O) groups is 2. The fraction of sp³-hybridized carbons (Fsp3) is 0.565. The van der Waals surface area contributed by atoms with Crippen LogP contribution in [0.15, 0.2) is 36.5 Å². The molecule has 2 saturated heterocycles. The molecule has 2 bridgehead atoms. The molecule has 0 radical (unpaired) electrons. The molecule has 0 N–H and O–H groups in total. The van der Waals surface area contributed by atoms with Gasteiger partial charge in [0.15, 0.2) is 0 Å². The normalized spacial score (nSPS) is 20.7. The van der Waals surface area contributed by atoms with Gasteiger partial charge in [-0.2, -0.15) is 5.06 Å². The van der Waals surface area contributed by atoms with Gasteiger partial charge < -0.3 is 9.64 Å². The molecule has 2 atom stereocenters. The second-order valence-corrected chi connectivity index (χ2v) is 9.42. The number of aromatic nitrogens is 3. The molecule has 0 spiro atoms. The van der Waals surface area contributed by atoms with Gasteiger partial charge in [-0.3, -0.25) is 14.3 Å². The summed E-state index contributed by atoms with van der Waals surface area (Å²) in [6.07, 6.45) is 4.36. The minimum Gasteiger partial charge on any atom is -0.460 e. The van der Waals surface area contributed by atoms with Crippen LogP contribution in [0, 0.1) is 0 Å². The molecular weight excluding hydrogens is 410 g/mol. The third kappa shape index (κ3) is 5.45. The molecule has 172 valence electrons. The van der Waals surface area contributed by atoms with Crippen molar-refractivity contribution >= 4 is 12.0 Å². The van der Waals surface area contributed by atoms with E-state index >= 15 is 0 Å². The number of fused-ring (bicyclic) bond motifs is 2. The van der Waals surface area contributed by atoms with Gasteiger partial charge in [0.2, 0.25) is 0 Å². The van der Waals surface area contributed by atoms with Crippen LogP contribution >= 0.6 is 0 Å². The average Bonchev–Trinajstić information content (AvgIpc) is 3.29. The van der Waals surface area contributed by atoms with E-state index in [9.17, 15) is 9.59 Å². The maximum atomic E-state index is 12.9. The zero-order chi connectivity index (χ0) is 22.7. The Labute approximate surface area is 188 Å². The third-order valence-corrected chi connectivity index (χ3v) is 5.65. The van der Waals surface area contributed by atoms with Crippen molar-refractivity contribution in [1.82, 2.24) is 25.0 Å². The summed E-state index contributed by atoms with van der Waals surface area (Å²) >= 11 is 0. The molecule has 2 aromatic rings. The van der Waals surface area contributed by atoms with Crippen molar-refractivity contribution < 1.29 is 19.2 Å². The topological polar surface area (TPSA) is 89.8 Å². The number of piperidine rings is 1. The number of urea groups is 1. The summed E-state index contributed by atoms with van der Waals surface area (Å²) in [5, 5.41) is 9.91. The molecule has 0 aliphatic carbocycles. The van der Waals surface area contributed by atoms with E-state index in [0.29, 0.717) is 26.1 Å². The smallest absolute Gasteiger partial charge is 0.344 e.